The van der Waals surface area contributed by atoms with Crippen LogP contribution in [0, 0.1) is 5.82 Å². The molecule has 1 saturated heterocycles. The molecule has 0 bridgehead atoms. The number of rotatable bonds is 2. The Kier molecular flexibility index (Phi) is 4.12. The summed E-state index contributed by atoms with van der Waals surface area (Å²) >= 11 is 0. The molecule has 3 aromatic heterocycles. The number of morpholine rings is 1. The van der Waals surface area contributed by atoms with Crippen LogP contribution in [0.25, 0.3) is 43.8 Å². The van der Waals surface area contributed by atoms with Gasteiger partial charge in [-0.1, -0.05) is 6.07 Å². The largest absolute Gasteiger partial charge is 0.394 e. The van der Waals surface area contributed by atoms with E-state index in [0.29, 0.717) is 35.2 Å². The Morgan fingerprint density at radius 1 is 1.09 bits per heavy atom. The van der Waals surface area contributed by atoms with Crippen LogP contribution in [0.1, 0.15) is 0 Å². The maximum atomic E-state index is 14.3. The summed E-state index contributed by atoms with van der Waals surface area (Å²) in [4.78, 5) is 22.6. The van der Waals surface area contributed by atoms with E-state index in [2.05, 4.69) is 25.1 Å². The van der Waals surface area contributed by atoms with E-state index in [9.17, 15) is 9.18 Å². The lowest BCUT2D eigenvalue weighted by Gasteiger charge is -2.30. The number of nitrogens with zero attached hydrogens (tertiary/aromatic N) is 3. The van der Waals surface area contributed by atoms with Crippen molar-refractivity contribution < 1.29 is 9.13 Å². The molecule has 32 heavy (non-hydrogen) atoms. The van der Waals surface area contributed by atoms with Gasteiger partial charge >= 0.3 is 0 Å². The molecule has 5 aromatic rings. The Morgan fingerprint density at radius 3 is 2.78 bits per heavy atom. The number of aromatic nitrogens is 4. The number of ether oxygens (including phenoxy) is 1. The SMILES string of the molecule is Nc1c(-c2ccc(F)c3[nH]ncc23)c2cc(N3CCOCC3)c3ncccc3c2[nH]c1=O. The van der Waals surface area contributed by atoms with Crippen LogP contribution in [0.5, 0.6) is 0 Å². The first kappa shape index (κ1) is 18.8. The molecular formula is C23H19FN6O2. The molecule has 8 nitrogen and oxygen atoms in total. The maximum Gasteiger partial charge on any atom is 0.272 e. The molecule has 1 aliphatic heterocycles. The van der Waals surface area contributed by atoms with Gasteiger partial charge in [0.2, 0.25) is 0 Å². The smallest absolute Gasteiger partial charge is 0.272 e. The lowest BCUT2D eigenvalue weighted by molar-refractivity contribution is 0.123. The minimum absolute atomic E-state index is 0.0720. The normalized spacial score (nSPS) is 14.6. The fourth-order valence-corrected chi connectivity index (χ4v) is 4.56. The Balaban J connectivity index is 1.77. The molecule has 0 unspecified atom stereocenters. The minimum atomic E-state index is -0.419. The van der Waals surface area contributed by atoms with Gasteiger partial charge in [-0.05, 0) is 29.8 Å². The summed E-state index contributed by atoms with van der Waals surface area (Å²) in [5, 5.41) is 8.82. The van der Waals surface area contributed by atoms with Crippen molar-refractivity contribution in [3.05, 3.63) is 58.9 Å². The number of nitrogens with one attached hydrogen (secondary N) is 2. The summed E-state index contributed by atoms with van der Waals surface area (Å²) in [5.41, 5.74) is 9.83. The zero-order chi connectivity index (χ0) is 21.8. The van der Waals surface area contributed by atoms with Gasteiger partial charge in [0.25, 0.3) is 5.56 Å². The third-order valence-corrected chi connectivity index (χ3v) is 6.08. The molecule has 0 atom stereocenters. The molecule has 160 valence electrons. The van der Waals surface area contributed by atoms with E-state index in [4.69, 9.17) is 10.5 Å². The van der Waals surface area contributed by atoms with E-state index in [1.54, 1.807) is 18.5 Å². The average molecular weight is 430 g/mol. The number of nitrogens with two attached hydrogens (primary N) is 1. The van der Waals surface area contributed by atoms with E-state index >= 15 is 0 Å². The fourth-order valence-electron chi connectivity index (χ4n) is 4.56. The maximum absolute atomic E-state index is 14.3. The number of aromatic amines is 2. The molecule has 0 spiro atoms. The van der Waals surface area contributed by atoms with Crippen LogP contribution in [0.2, 0.25) is 0 Å². The van der Waals surface area contributed by atoms with E-state index in [0.717, 1.165) is 35.1 Å². The van der Waals surface area contributed by atoms with Crippen molar-refractivity contribution in [2.45, 2.75) is 0 Å². The number of anilines is 2. The zero-order valence-electron chi connectivity index (χ0n) is 17.0. The Morgan fingerprint density at radius 2 is 1.94 bits per heavy atom. The second-order valence-corrected chi connectivity index (χ2v) is 7.81. The van der Waals surface area contributed by atoms with Gasteiger partial charge in [0, 0.05) is 41.0 Å². The van der Waals surface area contributed by atoms with Crippen LogP contribution >= 0.6 is 0 Å². The summed E-state index contributed by atoms with van der Waals surface area (Å²) in [5.74, 6) is -0.419. The first-order valence-electron chi connectivity index (χ1n) is 10.3. The van der Waals surface area contributed by atoms with Crippen molar-refractivity contribution in [3.63, 3.8) is 0 Å². The molecule has 2 aromatic carbocycles. The molecule has 0 radical (unpaired) electrons. The topological polar surface area (TPSA) is 113 Å². The predicted molar refractivity (Wildman–Crippen MR) is 122 cm³/mol. The highest BCUT2D eigenvalue weighted by Crippen LogP contribution is 2.40. The summed E-state index contributed by atoms with van der Waals surface area (Å²) in [6.07, 6.45) is 3.29. The van der Waals surface area contributed by atoms with Gasteiger partial charge in [-0.2, -0.15) is 5.10 Å². The number of fused-ring (bicyclic) bond motifs is 4. The predicted octanol–water partition coefficient (Wildman–Crippen LogP) is 3.18. The van der Waals surface area contributed by atoms with Crippen molar-refractivity contribution in [1.82, 2.24) is 20.2 Å². The average Bonchev–Trinajstić information content (AvgIpc) is 3.32. The number of nitrogen functional groups attached to an aromatic ring is 1. The zero-order valence-corrected chi connectivity index (χ0v) is 17.0. The summed E-state index contributed by atoms with van der Waals surface area (Å²) in [6.45, 7) is 2.71. The van der Waals surface area contributed by atoms with Crippen LogP contribution < -0.4 is 16.2 Å². The van der Waals surface area contributed by atoms with Crippen LogP contribution in [0.15, 0.2) is 47.5 Å². The molecule has 0 amide bonds. The number of hydrogen-bond donors (Lipinski definition) is 3. The summed E-state index contributed by atoms with van der Waals surface area (Å²) in [6, 6.07) is 8.77. The highest BCUT2D eigenvalue weighted by atomic mass is 19.1. The minimum Gasteiger partial charge on any atom is -0.394 e. The van der Waals surface area contributed by atoms with Crippen molar-refractivity contribution in [3.8, 4) is 11.1 Å². The molecule has 4 N–H and O–H groups in total. The number of benzene rings is 2. The van der Waals surface area contributed by atoms with Crippen molar-refractivity contribution in [1.29, 1.82) is 0 Å². The summed E-state index contributed by atoms with van der Waals surface area (Å²) < 4.78 is 19.9. The van der Waals surface area contributed by atoms with Crippen molar-refractivity contribution in [2.24, 2.45) is 0 Å². The molecule has 0 saturated carbocycles. The van der Waals surface area contributed by atoms with Gasteiger partial charge < -0.3 is 20.4 Å². The third kappa shape index (κ3) is 2.68. The van der Waals surface area contributed by atoms with E-state index < -0.39 is 11.4 Å². The Hall–Kier alpha value is -3.98. The van der Waals surface area contributed by atoms with Crippen LogP contribution in [0.4, 0.5) is 15.8 Å². The van der Waals surface area contributed by atoms with Gasteiger partial charge in [-0.3, -0.25) is 14.9 Å². The van der Waals surface area contributed by atoms with Gasteiger partial charge in [0.05, 0.1) is 36.1 Å². The quantitative estimate of drug-likeness (QED) is 0.371. The van der Waals surface area contributed by atoms with Gasteiger partial charge in [-0.15, -0.1) is 0 Å². The van der Waals surface area contributed by atoms with Gasteiger partial charge in [-0.25, -0.2) is 4.39 Å². The monoisotopic (exact) mass is 430 g/mol. The molecule has 1 fully saturated rings. The molecular weight excluding hydrogens is 411 g/mol. The van der Waals surface area contributed by atoms with E-state index in [-0.39, 0.29) is 11.2 Å². The molecule has 1 aliphatic rings. The lowest BCUT2D eigenvalue weighted by Crippen LogP contribution is -2.36. The number of H-pyrrole nitrogens is 2. The first-order valence-corrected chi connectivity index (χ1v) is 10.3. The first-order chi connectivity index (χ1) is 15.6. The van der Waals surface area contributed by atoms with Crippen molar-refractivity contribution in [2.75, 3.05) is 36.9 Å². The summed E-state index contributed by atoms with van der Waals surface area (Å²) in [7, 11) is 0. The van der Waals surface area contributed by atoms with E-state index in [1.807, 2.05) is 18.2 Å². The van der Waals surface area contributed by atoms with Crippen LogP contribution in [-0.2, 0) is 4.74 Å². The standard InChI is InChI=1S/C23H19FN6O2/c24-16-4-3-12(15-11-27-29-21(15)16)18-14-10-17(30-6-8-32-9-7-30)22-13(2-1-5-26-22)20(14)28-23(31)19(18)25/h1-5,10-11H,6-9,25H2,(H,27,29)(H,28,31). The Bertz CT molecular complexity index is 1570. The van der Waals surface area contributed by atoms with Crippen LogP contribution in [-0.4, -0.2) is 46.5 Å². The highest BCUT2D eigenvalue weighted by Gasteiger charge is 2.22. The van der Waals surface area contributed by atoms with E-state index in [1.165, 1.54) is 6.07 Å². The lowest BCUT2D eigenvalue weighted by atomic mass is 9.94. The second kappa shape index (κ2) is 7.03. The number of pyridine rings is 2. The third-order valence-electron chi connectivity index (χ3n) is 6.08. The second-order valence-electron chi connectivity index (χ2n) is 7.81. The highest BCUT2D eigenvalue weighted by molar-refractivity contribution is 6.17. The fraction of sp³-hybridized carbons (Fsp3) is 0.174. The molecule has 9 heteroatoms. The molecule has 4 heterocycles. The number of hydrogen-bond acceptors (Lipinski definition) is 6. The molecule has 6 rings (SSSR count). The Labute approximate surface area is 180 Å². The molecule has 0 aliphatic carbocycles. The van der Waals surface area contributed by atoms with Gasteiger partial charge in [0.15, 0.2) is 0 Å². The van der Waals surface area contributed by atoms with Gasteiger partial charge in [0.1, 0.15) is 17.0 Å². The van der Waals surface area contributed by atoms with Crippen molar-refractivity contribution >= 4 is 44.1 Å². The number of halogens is 1. The van der Waals surface area contributed by atoms with Crippen LogP contribution in [0.3, 0.4) is 0 Å².